The van der Waals surface area contributed by atoms with Crippen molar-refractivity contribution >= 4 is 5.69 Å². The van der Waals surface area contributed by atoms with Crippen LogP contribution in [-0.4, -0.2) is 29.5 Å². The smallest absolute Gasteiger partial charge is 0.269 e. The first-order valence-electron chi connectivity index (χ1n) is 5.89. The molecule has 5 nitrogen and oxygen atoms in total. The summed E-state index contributed by atoms with van der Waals surface area (Å²) in [6, 6.07) is 6.46. The predicted octanol–water partition coefficient (Wildman–Crippen LogP) is 1.69. The molecule has 1 aromatic carbocycles. The highest BCUT2D eigenvalue weighted by molar-refractivity contribution is 5.34. The highest BCUT2D eigenvalue weighted by Gasteiger charge is 2.16. The maximum atomic E-state index is 10.5. The maximum Gasteiger partial charge on any atom is 0.269 e. The lowest BCUT2D eigenvalue weighted by Crippen LogP contribution is -2.29. The van der Waals surface area contributed by atoms with Gasteiger partial charge in [-0.05, 0) is 31.5 Å². The van der Waals surface area contributed by atoms with Crippen LogP contribution >= 0.6 is 0 Å². The van der Waals surface area contributed by atoms with Crippen molar-refractivity contribution in [2.45, 2.75) is 18.9 Å². The van der Waals surface area contributed by atoms with Crippen molar-refractivity contribution in [2.24, 2.45) is 5.73 Å². The zero-order chi connectivity index (χ0) is 12.3. The minimum absolute atomic E-state index is 0.0612. The second-order valence-corrected chi connectivity index (χ2v) is 4.46. The molecule has 1 fully saturated rings. The Balaban J connectivity index is 1.98. The van der Waals surface area contributed by atoms with Gasteiger partial charge in [-0.3, -0.25) is 10.1 Å². The Morgan fingerprint density at radius 3 is 2.41 bits per heavy atom. The van der Waals surface area contributed by atoms with Gasteiger partial charge in [-0.1, -0.05) is 12.1 Å². The van der Waals surface area contributed by atoms with E-state index in [-0.39, 0.29) is 11.7 Å². The molecule has 0 amide bonds. The van der Waals surface area contributed by atoms with Crippen LogP contribution in [0.3, 0.4) is 0 Å². The molecule has 2 rings (SSSR count). The summed E-state index contributed by atoms with van der Waals surface area (Å²) in [4.78, 5) is 12.5. The summed E-state index contributed by atoms with van der Waals surface area (Å²) in [6.07, 6.45) is 2.49. The van der Waals surface area contributed by atoms with E-state index in [1.165, 1.54) is 25.0 Å². The minimum Gasteiger partial charge on any atom is -0.323 e. The monoisotopic (exact) mass is 235 g/mol. The standard InChI is InChI=1S/C12H17N3O2/c13-12(9-14-7-1-2-8-14)10-3-5-11(6-4-10)15(16)17/h3-6,12H,1-2,7-9,13H2/t12-/m1/s1. The summed E-state index contributed by atoms with van der Waals surface area (Å²) in [5, 5.41) is 10.5. The van der Waals surface area contributed by atoms with Crippen molar-refractivity contribution in [3.63, 3.8) is 0 Å². The molecule has 92 valence electrons. The molecule has 0 bridgehead atoms. The Morgan fingerprint density at radius 1 is 1.29 bits per heavy atom. The Hall–Kier alpha value is -1.46. The van der Waals surface area contributed by atoms with Gasteiger partial charge in [0, 0.05) is 24.7 Å². The summed E-state index contributed by atoms with van der Waals surface area (Å²) in [6.45, 7) is 3.05. The summed E-state index contributed by atoms with van der Waals surface area (Å²) < 4.78 is 0. The van der Waals surface area contributed by atoms with Gasteiger partial charge in [0.25, 0.3) is 5.69 Å². The number of benzene rings is 1. The van der Waals surface area contributed by atoms with Crippen molar-refractivity contribution in [1.82, 2.24) is 4.90 Å². The lowest BCUT2D eigenvalue weighted by molar-refractivity contribution is -0.384. The number of nitro benzene ring substituents is 1. The third kappa shape index (κ3) is 3.01. The predicted molar refractivity (Wildman–Crippen MR) is 65.7 cm³/mol. The molecular weight excluding hydrogens is 218 g/mol. The van der Waals surface area contributed by atoms with Gasteiger partial charge >= 0.3 is 0 Å². The van der Waals surface area contributed by atoms with Crippen LogP contribution in [0, 0.1) is 10.1 Å². The highest BCUT2D eigenvalue weighted by atomic mass is 16.6. The van der Waals surface area contributed by atoms with Gasteiger partial charge in [-0.15, -0.1) is 0 Å². The average molecular weight is 235 g/mol. The molecule has 1 aliphatic heterocycles. The highest BCUT2D eigenvalue weighted by Crippen LogP contribution is 2.18. The lowest BCUT2D eigenvalue weighted by Gasteiger charge is -2.20. The second kappa shape index (κ2) is 5.25. The van der Waals surface area contributed by atoms with Crippen molar-refractivity contribution in [3.05, 3.63) is 39.9 Å². The zero-order valence-electron chi connectivity index (χ0n) is 9.71. The van der Waals surface area contributed by atoms with Crippen molar-refractivity contribution < 1.29 is 4.92 Å². The van der Waals surface area contributed by atoms with Crippen LogP contribution in [0.5, 0.6) is 0 Å². The fourth-order valence-corrected chi connectivity index (χ4v) is 2.19. The normalized spacial score (nSPS) is 18.2. The van der Waals surface area contributed by atoms with E-state index >= 15 is 0 Å². The molecule has 1 saturated heterocycles. The summed E-state index contributed by atoms with van der Waals surface area (Å²) in [7, 11) is 0. The van der Waals surface area contributed by atoms with E-state index < -0.39 is 4.92 Å². The van der Waals surface area contributed by atoms with Crippen LogP contribution in [0.25, 0.3) is 0 Å². The molecule has 17 heavy (non-hydrogen) atoms. The fraction of sp³-hybridized carbons (Fsp3) is 0.500. The first-order valence-corrected chi connectivity index (χ1v) is 5.89. The Bertz CT molecular complexity index is 385. The van der Waals surface area contributed by atoms with E-state index in [0.29, 0.717) is 0 Å². The number of hydrogen-bond donors (Lipinski definition) is 1. The zero-order valence-corrected chi connectivity index (χ0v) is 9.71. The van der Waals surface area contributed by atoms with E-state index in [1.807, 2.05) is 0 Å². The molecule has 1 aromatic rings. The van der Waals surface area contributed by atoms with Gasteiger partial charge in [0.1, 0.15) is 0 Å². The van der Waals surface area contributed by atoms with E-state index in [2.05, 4.69) is 4.90 Å². The Kier molecular flexibility index (Phi) is 3.71. The Labute approximate surface area is 100 Å². The summed E-state index contributed by atoms with van der Waals surface area (Å²) >= 11 is 0. The molecule has 1 aliphatic rings. The summed E-state index contributed by atoms with van der Waals surface area (Å²) in [5.74, 6) is 0. The third-order valence-corrected chi connectivity index (χ3v) is 3.19. The second-order valence-electron chi connectivity index (χ2n) is 4.46. The molecule has 1 atom stereocenters. The van der Waals surface area contributed by atoms with E-state index in [0.717, 1.165) is 25.2 Å². The number of rotatable bonds is 4. The Morgan fingerprint density at radius 2 is 1.88 bits per heavy atom. The van der Waals surface area contributed by atoms with Crippen LogP contribution in [0.2, 0.25) is 0 Å². The van der Waals surface area contributed by atoms with Crippen molar-refractivity contribution in [3.8, 4) is 0 Å². The SMILES string of the molecule is N[C@H](CN1CCCC1)c1ccc([N+](=O)[O-])cc1. The number of nitrogens with two attached hydrogens (primary N) is 1. The average Bonchev–Trinajstić information content (AvgIpc) is 2.82. The quantitative estimate of drug-likeness (QED) is 0.636. The number of non-ortho nitro benzene ring substituents is 1. The minimum atomic E-state index is -0.393. The first-order chi connectivity index (χ1) is 8.16. The molecule has 5 heteroatoms. The van der Waals surface area contributed by atoms with Crippen LogP contribution < -0.4 is 5.73 Å². The van der Waals surface area contributed by atoms with E-state index in [4.69, 9.17) is 5.73 Å². The van der Waals surface area contributed by atoms with E-state index in [1.54, 1.807) is 12.1 Å². The van der Waals surface area contributed by atoms with Crippen LogP contribution in [0.4, 0.5) is 5.69 Å². The largest absolute Gasteiger partial charge is 0.323 e. The van der Waals surface area contributed by atoms with Gasteiger partial charge in [0.15, 0.2) is 0 Å². The molecule has 0 aliphatic carbocycles. The molecule has 0 radical (unpaired) electrons. The van der Waals surface area contributed by atoms with Gasteiger partial charge in [0.05, 0.1) is 4.92 Å². The van der Waals surface area contributed by atoms with Crippen LogP contribution in [-0.2, 0) is 0 Å². The number of likely N-dealkylation sites (tertiary alicyclic amines) is 1. The van der Waals surface area contributed by atoms with Crippen LogP contribution in [0.15, 0.2) is 24.3 Å². The third-order valence-electron chi connectivity index (χ3n) is 3.19. The van der Waals surface area contributed by atoms with Gasteiger partial charge in [-0.2, -0.15) is 0 Å². The van der Waals surface area contributed by atoms with Crippen LogP contribution in [0.1, 0.15) is 24.4 Å². The number of hydrogen-bond acceptors (Lipinski definition) is 4. The van der Waals surface area contributed by atoms with Gasteiger partial charge in [-0.25, -0.2) is 0 Å². The van der Waals surface area contributed by atoms with Crippen molar-refractivity contribution in [1.29, 1.82) is 0 Å². The molecule has 0 spiro atoms. The number of nitro groups is 1. The first kappa shape index (κ1) is 12.0. The molecule has 2 N–H and O–H groups in total. The summed E-state index contributed by atoms with van der Waals surface area (Å²) in [5.41, 5.74) is 7.16. The van der Waals surface area contributed by atoms with Gasteiger partial charge in [0.2, 0.25) is 0 Å². The van der Waals surface area contributed by atoms with Gasteiger partial charge < -0.3 is 10.6 Å². The molecule has 1 heterocycles. The van der Waals surface area contributed by atoms with Crippen molar-refractivity contribution in [2.75, 3.05) is 19.6 Å². The molecule has 0 saturated carbocycles. The fourth-order valence-electron chi connectivity index (χ4n) is 2.19. The van der Waals surface area contributed by atoms with E-state index in [9.17, 15) is 10.1 Å². The maximum absolute atomic E-state index is 10.5. The number of nitrogens with zero attached hydrogens (tertiary/aromatic N) is 2. The topological polar surface area (TPSA) is 72.4 Å². The molecular formula is C12H17N3O2. The molecule has 0 aromatic heterocycles. The molecule has 0 unspecified atom stereocenters. The lowest BCUT2D eigenvalue weighted by atomic mass is 10.1.